The van der Waals surface area contributed by atoms with Crippen LogP contribution in [0.2, 0.25) is 5.02 Å². The summed E-state index contributed by atoms with van der Waals surface area (Å²) >= 11 is 8.67. The Hall–Kier alpha value is -4.63. The fraction of sp³-hybridized carbons (Fsp3) is 0.226. The molecular weight excluding hydrogens is 716 g/mol. The van der Waals surface area contributed by atoms with Gasteiger partial charge in [-0.25, -0.2) is 18.8 Å². The summed E-state index contributed by atoms with van der Waals surface area (Å²) in [6.45, 7) is 5.15. The van der Waals surface area contributed by atoms with Crippen molar-refractivity contribution >= 4 is 57.1 Å². The van der Waals surface area contributed by atoms with Crippen LogP contribution in [0.1, 0.15) is 35.5 Å². The van der Waals surface area contributed by atoms with Gasteiger partial charge in [-0.05, 0) is 78.7 Å². The van der Waals surface area contributed by atoms with Crippen molar-refractivity contribution in [3.8, 4) is 17.0 Å². The molecule has 0 atom stereocenters. The smallest absolute Gasteiger partial charge is 0.434 e. The molecule has 1 aromatic heterocycles. The van der Waals surface area contributed by atoms with Crippen LogP contribution in [-0.4, -0.2) is 41.2 Å². The largest absolute Gasteiger partial charge is 0.459 e. The summed E-state index contributed by atoms with van der Waals surface area (Å²) in [6.07, 6.45) is -6.35. The molecule has 47 heavy (non-hydrogen) atoms. The van der Waals surface area contributed by atoms with Gasteiger partial charge in [-0.3, -0.25) is 15.3 Å². The Morgan fingerprint density at radius 2 is 1.60 bits per heavy atom. The van der Waals surface area contributed by atoms with E-state index < -0.39 is 46.4 Å². The third-order valence-electron chi connectivity index (χ3n) is 5.87. The highest BCUT2D eigenvalue weighted by Crippen LogP contribution is 2.41. The van der Waals surface area contributed by atoms with E-state index in [2.05, 4.69) is 36.4 Å². The van der Waals surface area contributed by atoms with E-state index in [1.807, 2.05) is 25.1 Å². The molecule has 0 bridgehead atoms. The first kappa shape index (κ1) is 36.8. The lowest BCUT2D eigenvalue weighted by Gasteiger charge is -2.11. The van der Waals surface area contributed by atoms with Crippen molar-refractivity contribution < 1.29 is 46.2 Å². The molecule has 0 radical (unpaired) electrons. The van der Waals surface area contributed by atoms with Crippen molar-refractivity contribution in [3.63, 3.8) is 0 Å². The van der Waals surface area contributed by atoms with Crippen molar-refractivity contribution in [1.29, 1.82) is 0 Å². The van der Waals surface area contributed by atoms with E-state index in [0.29, 0.717) is 21.8 Å². The Balaban J connectivity index is 0.000000257. The summed E-state index contributed by atoms with van der Waals surface area (Å²) in [6, 6.07) is 15.7. The van der Waals surface area contributed by atoms with Crippen LogP contribution in [0.5, 0.6) is 5.75 Å². The molecule has 0 aliphatic rings. The fourth-order valence-electron chi connectivity index (χ4n) is 3.92. The average molecular weight is 744 g/mol. The Kier molecular flexibility index (Phi) is 12.4. The number of rotatable bonds is 6. The van der Waals surface area contributed by atoms with E-state index in [0.717, 1.165) is 24.7 Å². The molecule has 0 saturated carbocycles. The highest BCUT2D eigenvalue weighted by Gasteiger charge is 2.39. The molecule has 16 heteroatoms. The number of alkyl halides is 3. The molecule has 10 nitrogen and oxygen atoms in total. The number of nitrogens with zero attached hydrogens (tertiary/aromatic N) is 2. The number of ether oxygens (including phenoxy) is 3. The SMILES string of the molecule is CC(C)OC(=O)c1cc(-c2nn(C)c(C(F)(F)F)c2Br)c(F)cc1Cl.COC(=O)Nc1cccc(OC(=O)Nc2cccc(C)c2)c1. The monoisotopic (exact) mass is 742 g/mol. The number of amides is 2. The first-order valence-electron chi connectivity index (χ1n) is 13.5. The molecule has 0 aliphatic heterocycles. The van der Waals surface area contributed by atoms with Crippen molar-refractivity contribution in [3.05, 3.63) is 92.8 Å². The molecule has 1 heterocycles. The number of halogens is 6. The Morgan fingerprint density at radius 3 is 2.17 bits per heavy atom. The third kappa shape index (κ3) is 10.2. The van der Waals surface area contributed by atoms with Gasteiger partial charge in [0.2, 0.25) is 0 Å². The van der Waals surface area contributed by atoms with Crippen LogP contribution in [0.15, 0.2) is 65.1 Å². The molecule has 250 valence electrons. The molecule has 0 spiro atoms. The topological polar surface area (TPSA) is 121 Å². The van der Waals surface area contributed by atoms with E-state index in [4.69, 9.17) is 21.1 Å². The second-order valence-electron chi connectivity index (χ2n) is 9.93. The van der Waals surface area contributed by atoms with Crippen molar-refractivity contribution in [2.45, 2.75) is 33.1 Å². The van der Waals surface area contributed by atoms with Crippen molar-refractivity contribution in [1.82, 2.24) is 9.78 Å². The van der Waals surface area contributed by atoms with Gasteiger partial charge in [0, 0.05) is 30.1 Å². The molecule has 2 N–H and O–H groups in total. The number of anilines is 2. The number of esters is 1. The molecule has 0 aliphatic carbocycles. The van der Waals surface area contributed by atoms with Crippen LogP contribution < -0.4 is 15.4 Å². The third-order valence-corrected chi connectivity index (χ3v) is 6.94. The van der Waals surface area contributed by atoms with Crippen LogP contribution in [0, 0.1) is 12.7 Å². The molecule has 2 amide bonds. The maximum atomic E-state index is 14.3. The zero-order valence-corrected chi connectivity index (χ0v) is 27.8. The van der Waals surface area contributed by atoms with E-state index in [1.165, 1.54) is 13.2 Å². The normalized spacial score (nSPS) is 10.9. The lowest BCUT2D eigenvalue weighted by molar-refractivity contribution is -0.144. The zero-order chi connectivity index (χ0) is 35.1. The molecule has 4 aromatic rings. The Bertz CT molecular complexity index is 1780. The Morgan fingerprint density at radius 1 is 0.979 bits per heavy atom. The van der Waals surface area contributed by atoms with E-state index in [1.54, 1.807) is 38.1 Å². The molecule has 0 saturated heterocycles. The molecular formula is C31H28BrClF4N4O6. The minimum atomic E-state index is -4.69. The first-order chi connectivity index (χ1) is 22.0. The first-order valence-corrected chi connectivity index (χ1v) is 14.7. The lowest BCUT2D eigenvalue weighted by atomic mass is 10.1. The number of carbonyl (C=O) groups excluding carboxylic acids is 3. The summed E-state index contributed by atoms with van der Waals surface area (Å²) in [5.74, 6) is -1.43. The number of carbonyl (C=O) groups is 3. The minimum absolute atomic E-state index is 0.169. The number of aromatic nitrogens is 2. The van der Waals surface area contributed by atoms with Crippen LogP contribution in [0.4, 0.5) is 38.5 Å². The van der Waals surface area contributed by atoms with Gasteiger partial charge < -0.3 is 14.2 Å². The maximum absolute atomic E-state index is 14.3. The number of benzene rings is 3. The highest BCUT2D eigenvalue weighted by molar-refractivity contribution is 9.10. The average Bonchev–Trinajstić information content (AvgIpc) is 3.26. The standard InChI is InChI=1S/C16H16N2O4.C15H12BrClF4N2O2/c1-11-5-3-6-12(9-11)18-16(20)22-14-8-4-7-13(10-14)17-15(19)21-2;1-6(2)25-14(24)7-4-8(10(18)5-9(7)17)12-11(16)13(15(19,20)21)23(3)22-12/h3-10H,1-2H3,(H,17,19)(H,18,20);4-6H,1-3H3. The predicted molar refractivity (Wildman–Crippen MR) is 170 cm³/mol. The van der Waals surface area contributed by atoms with Crippen molar-refractivity contribution in [2.24, 2.45) is 7.05 Å². The lowest BCUT2D eigenvalue weighted by Crippen LogP contribution is -2.17. The summed E-state index contributed by atoms with van der Waals surface area (Å²) in [5, 5.41) is 8.62. The summed E-state index contributed by atoms with van der Waals surface area (Å²) in [5.41, 5.74) is 0.283. The second-order valence-corrected chi connectivity index (χ2v) is 11.1. The number of methoxy groups -OCH3 is 1. The van der Waals surface area contributed by atoms with Crippen LogP contribution in [0.3, 0.4) is 0 Å². The van der Waals surface area contributed by atoms with E-state index in [9.17, 15) is 31.9 Å². The fourth-order valence-corrected chi connectivity index (χ4v) is 4.92. The van der Waals surface area contributed by atoms with Gasteiger partial charge in [0.15, 0.2) is 5.69 Å². The molecule has 4 rings (SSSR count). The van der Waals surface area contributed by atoms with Gasteiger partial charge in [0.1, 0.15) is 17.3 Å². The van der Waals surface area contributed by atoms with Gasteiger partial charge in [0.05, 0.1) is 28.3 Å². The van der Waals surface area contributed by atoms with Gasteiger partial charge in [0.25, 0.3) is 0 Å². The van der Waals surface area contributed by atoms with Gasteiger partial charge in [-0.2, -0.15) is 18.3 Å². The van der Waals surface area contributed by atoms with Crippen LogP contribution >= 0.6 is 27.5 Å². The quantitative estimate of drug-likeness (QED) is 0.149. The summed E-state index contributed by atoms with van der Waals surface area (Å²) in [4.78, 5) is 35.0. The Labute approximate surface area is 280 Å². The zero-order valence-electron chi connectivity index (χ0n) is 25.5. The van der Waals surface area contributed by atoms with E-state index >= 15 is 0 Å². The summed E-state index contributed by atoms with van der Waals surface area (Å²) in [7, 11) is 2.35. The van der Waals surface area contributed by atoms with Gasteiger partial charge in [-0.1, -0.05) is 29.8 Å². The number of hydrogen-bond acceptors (Lipinski definition) is 7. The molecule has 0 fully saturated rings. The van der Waals surface area contributed by atoms with E-state index in [-0.39, 0.29) is 21.8 Å². The minimum Gasteiger partial charge on any atom is -0.459 e. The number of nitrogens with one attached hydrogen (secondary N) is 2. The number of hydrogen-bond donors (Lipinski definition) is 2. The van der Waals surface area contributed by atoms with Crippen LogP contribution in [-0.2, 0) is 22.7 Å². The van der Waals surface area contributed by atoms with Gasteiger partial charge >= 0.3 is 24.3 Å². The molecule has 0 unspecified atom stereocenters. The van der Waals surface area contributed by atoms with Crippen molar-refractivity contribution in [2.75, 3.05) is 17.7 Å². The van der Waals surface area contributed by atoms with Crippen LogP contribution in [0.25, 0.3) is 11.3 Å². The molecule has 3 aromatic carbocycles. The maximum Gasteiger partial charge on any atom is 0.434 e. The highest BCUT2D eigenvalue weighted by atomic mass is 79.9. The second kappa shape index (κ2) is 15.8. The summed E-state index contributed by atoms with van der Waals surface area (Å²) < 4.78 is 68.3. The predicted octanol–water partition coefficient (Wildman–Crippen LogP) is 9.01. The number of aryl methyl sites for hydroxylation is 2. The van der Waals surface area contributed by atoms with Gasteiger partial charge in [-0.15, -0.1) is 0 Å².